The highest BCUT2D eigenvalue weighted by Crippen LogP contribution is 2.35. The summed E-state index contributed by atoms with van der Waals surface area (Å²) in [6, 6.07) is 7.15. The van der Waals surface area contributed by atoms with Gasteiger partial charge in [0.1, 0.15) is 0 Å². The number of nitrogens with zero attached hydrogens (tertiary/aromatic N) is 1. The maximum atomic E-state index is 11.9. The summed E-state index contributed by atoms with van der Waals surface area (Å²) < 4.78 is 5.03. The molecule has 1 aliphatic rings. The highest BCUT2D eigenvalue weighted by molar-refractivity contribution is 6.31. The van der Waals surface area contributed by atoms with E-state index in [2.05, 4.69) is 0 Å². The van der Waals surface area contributed by atoms with Gasteiger partial charge in [-0.2, -0.15) is 0 Å². The third-order valence-corrected chi connectivity index (χ3v) is 3.58. The van der Waals surface area contributed by atoms with Gasteiger partial charge >= 0.3 is 0 Å². The largest absolute Gasteiger partial charge is 0.383 e. The SMILES string of the molecule is COCCN1C(=O)CC(N)C1c1ccccc1Cl. The fraction of sp³-hybridized carbons (Fsp3) is 0.462. The number of carbonyl (C=O) groups excluding carboxylic acids is 1. The van der Waals surface area contributed by atoms with Crippen LogP contribution in [0.5, 0.6) is 0 Å². The number of carbonyl (C=O) groups is 1. The van der Waals surface area contributed by atoms with E-state index in [1.165, 1.54) is 0 Å². The molecular formula is C13H17ClN2O2. The molecule has 0 saturated carbocycles. The summed E-state index contributed by atoms with van der Waals surface area (Å²) in [6.45, 7) is 1.04. The molecule has 0 spiro atoms. The zero-order valence-corrected chi connectivity index (χ0v) is 11.1. The van der Waals surface area contributed by atoms with E-state index in [0.29, 0.717) is 24.6 Å². The summed E-state index contributed by atoms with van der Waals surface area (Å²) in [5, 5.41) is 0.648. The smallest absolute Gasteiger partial charge is 0.224 e. The first-order valence-electron chi connectivity index (χ1n) is 5.93. The minimum Gasteiger partial charge on any atom is -0.383 e. The summed E-state index contributed by atoms with van der Waals surface area (Å²) >= 11 is 6.19. The second-order valence-corrected chi connectivity index (χ2v) is 4.82. The molecule has 2 rings (SSSR count). The predicted octanol–water partition coefficient (Wildman–Crippen LogP) is 1.59. The van der Waals surface area contributed by atoms with Crippen molar-refractivity contribution in [2.75, 3.05) is 20.3 Å². The Bertz CT molecular complexity index is 439. The number of hydrogen-bond acceptors (Lipinski definition) is 3. The van der Waals surface area contributed by atoms with E-state index in [4.69, 9.17) is 22.1 Å². The zero-order chi connectivity index (χ0) is 13.1. The fourth-order valence-electron chi connectivity index (χ4n) is 2.38. The van der Waals surface area contributed by atoms with Gasteiger partial charge in [0, 0.05) is 31.1 Å². The summed E-state index contributed by atoms with van der Waals surface area (Å²) in [4.78, 5) is 13.7. The van der Waals surface area contributed by atoms with Gasteiger partial charge in [-0.3, -0.25) is 4.79 Å². The van der Waals surface area contributed by atoms with Crippen LogP contribution in [0, 0.1) is 0 Å². The lowest BCUT2D eigenvalue weighted by molar-refractivity contribution is -0.129. The van der Waals surface area contributed by atoms with Crippen LogP contribution in [0.2, 0.25) is 5.02 Å². The number of methoxy groups -OCH3 is 1. The van der Waals surface area contributed by atoms with Crippen molar-refractivity contribution in [2.24, 2.45) is 5.73 Å². The predicted molar refractivity (Wildman–Crippen MR) is 70.4 cm³/mol. The van der Waals surface area contributed by atoms with E-state index < -0.39 is 0 Å². The van der Waals surface area contributed by atoms with Crippen LogP contribution in [0.4, 0.5) is 0 Å². The molecule has 0 radical (unpaired) electrons. The molecule has 1 amide bonds. The average Bonchev–Trinajstić information content (AvgIpc) is 2.62. The van der Waals surface area contributed by atoms with Gasteiger partial charge in [-0.15, -0.1) is 0 Å². The van der Waals surface area contributed by atoms with Gasteiger partial charge in [0.05, 0.1) is 12.6 Å². The fourth-order valence-corrected chi connectivity index (χ4v) is 2.63. The monoisotopic (exact) mass is 268 g/mol. The maximum Gasteiger partial charge on any atom is 0.224 e. The van der Waals surface area contributed by atoms with Gasteiger partial charge in [-0.1, -0.05) is 29.8 Å². The number of ether oxygens (including phenoxy) is 1. The second-order valence-electron chi connectivity index (χ2n) is 4.41. The molecule has 1 saturated heterocycles. The number of hydrogen-bond donors (Lipinski definition) is 1. The second kappa shape index (κ2) is 5.69. The molecule has 1 aromatic rings. The Morgan fingerprint density at radius 2 is 2.22 bits per heavy atom. The number of likely N-dealkylation sites (tertiary alicyclic amines) is 1. The highest BCUT2D eigenvalue weighted by atomic mass is 35.5. The average molecular weight is 269 g/mol. The van der Waals surface area contributed by atoms with Crippen molar-refractivity contribution >= 4 is 17.5 Å². The molecule has 1 aromatic carbocycles. The third-order valence-electron chi connectivity index (χ3n) is 3.23. The van der Waals surface area contributed by atoms with E-state index in [-0.39, 0.29) is 18.0 Å². The maximum absolute atomic E-state index is 11.9. The number of halogens is 1. The van der Waals surface area contributed by atoms with Crippen molar-refractivity contribution < 1.29 is 9.53 Å². The standard InChI is InChI=1S/C13H17ClN2O2/c1-18-7-6-16-12(17)8-11(15)13(16)9-4-2-3-5-10(9)14/h2-5,11,13H,6-8,15H2,1H3. The van der Waals surface area contributed by atoms with Crippen LogP contribution in [-0.2, 0) is 9.53 Å². The van der Waals surface area contributed by atoms with Crippen LogP contribution in [-0.4, -0.2) is 37.1 Å². The lowest BCUT2D eigenvalue weighted by Crippen LogP contribution is -2.35. The molecule has 5 heteroatoms. The molecule has 98 valence electrons. The molecule has 2 atom stereocenters. The van der Waals surface area contributed by atoms with E-state index in [0.717, 1.165) is 5.56 Å². The van der Waals surface area contributed by atoms with Crippen LogP contribution < -0.4 is 5.73 Å². The van der Waals surface area contributed by atoms with Crippen LogP contribution in [0.15, 0.2) is 24.3 Å². The van der Waals surface area contributed by atoms with Crippen LogP contribution in [0.25, 0.3) is 0 Å². The molecule has 0 bridgehead atoms. The Hall–Kier alpha value is -1.10. The topological polar surface area (TPSA) is 55.6 Å². The van der Waals surface area contributed by atoms with Crippen molar-refractivity contribution in [3.63, 3.8) is 0 Å². The molecular weight excluding hydrogens is 252 g/mol. The van der Waals surface area contributed by atoms with Crippen molar-refractivity contribution in [3.05, 3.63) is 34.9 Å². The number of rotatable bonds is 4. The van der Waals surface area contributed by atoms with Gasteiger partial charge in [0.2, 0.25) is 5.91 Å². The minimum absolute atomic E-state index is 0.0597. The van der Waals surface area contributed by atoms with Crippen molar-refractivity contribution in [2.45, 2.75) is 18.5 Å². The molecule has 18 heavy (non-hydrogen) atoms. The molecule has 1 aliphatic heterocycles. The first kappa shape index (κ1) is 13.3. The van der Waals surface area contributed by atoms with Crippen molar-refractivity contribution in [1.29, 1.82) is 0 Å². The number of amides is 1. The lowest BCUT2D eigenvalue weighted by Gasteiger charge is -2.27. The quantitative estimate of drug-likeness (QED) is 0.902. The van der Waals surface area contributed by atoms with Gasteiger partial charge in [-0.05, 0) is 11.6 Å². The van der Waals surface area contributed by atoms with Gasteiger partial charge in [-0.25, -0.2) is 0 Å². The lowest BCUT2D eigenvalue weighted by atomic mass is 10.0. The molecule has 2 unspecified atom stereocenters. The van der Waals surface area contributed by atoms with E-state index in [1.807, 2.05) is 24.3 Å². The number of nitrogens with two attached hydrogens (primary N) is 1. The van der Waals surface area contributed by atoms with E-state index in [9.17, 15) is 4.79 Å². The molecule has 1 heterocycles. The van der Waals surface area contributed by atoms with Crippen molar-refractivity contribution in [3.8, 4) is 0 Å². The first-order chi connectivity index (χ1) is 8.65. The summed E-state index contributed by atoms with van der Waals surface area (Å²) in [5.74, 6) is 0.0597. The van der Waals surface area contributed by atoms with Crippen LogP contribution in [0.1, 0.15) is 18.0 Å². The Kier molecular flexibility index (Phi) is 4.22. The Morgan fingerprint density at radius 1 is 1.50 bits per heavy atom. The Labute approximate surface area is 112 Å². The molecule has 4 nitrogen and oxygen atoms in total. The van der Waals surface area contributed by atoms with E-state index >= 15 is 0 Å². The Balaban J connectivity index is 2.28. The Morgan fingerprint density at radius 3 is 2.89 bits per heavy atom. The number of benzene rings is 1. The third kappa shape index (κ3) is 2.51. The molecule has 2 N–H and O–H groups in total. The summed E-state index contributed by atoms with van der Waals surface area (Å²) in [5.41, 5.74) is 6.98. The van der Waals surface area contributed by atoms with Crippen molar-refractivity contribution in [1.82, 2.24) is 4.90 Å². The molecule has 1 fully saturated rings. The van der Waals surface area contributed by atoms with Crippen LogP contribution >= 0.6 is 11.6 Å². The van der Waals surface area contributed by atoms with Gasteiger partial charge in [0.25, 0.3) is 0 Å². The summed E-state index contributed by atoms with van der Waals surface area (Å²) in [7, 11) is 1.62. The van der Waals surface area contributed by atoms with Gasteiger partial charge < -0.3 is 15.4 Å². The highest BCUT2D eigenvalue weighted by Gasteiger charge is 2.39. The summed E-state index contributed by atoms with van der Waals surface area (Å²) in [6.07, 6.45) is 0.361. The molecule has 0 aliphatic carbocycles. The minimum atomic E-state index is -0.214. The molecule has 0 aromatic heterocycles. The van der Waals surface area contributed by atoms with E-state index in [1.54, 1.807) is 12.0 Å². The normalized spacial score (nSPS) is 23.7. The van der Waals surface area contributed by atoms with Crippen LogP contribution in [0.3, 0.4) is 0 Å². The zero-order valence-electron chi connectivity index (χ0n) is 10.3. The van der Waals surface area contributed by atoms with Gasteiger partial charge in [0.15, 0.2) is 0 Å². The first-order valence-corrected chi connectivity index (χ1v) is 6.31.